The molecule has 1 aromatic carbocycles. The number of nitrogens with one attached hydrogen (secondary N) is 3. The van der Waals surface area contributed by atoms with Crippen LogP contribution in [0.3, 0.4) is 0 Å². The Labute approximate surface area is 235 Å². The Balaban J connectivity index is -0.00000282. The summed E-state index contributed by atoms with van der Waals surface area (Å²) in [5, 5.41) is 19.3. The highest BCUT2D eigenvalue weighted by atomic mass is 32.2. The van der Waals surface area contributed by atoms with Gasteiger partial charge in [-0.1, -0.05) is 13.3 Å². The quantitative estimate of drug-likeness (QED) is 0.216. The van der Waals surface area contributed by atoms with Gasteiger partial charge >= 0.3 is 0 Å². The molecule has 1 atom stereocenters. The molecule has 1 fully saturated rings. The van der Waals surface area contributed by atoms with Crippen LogP contribution in [0.25, 0.3) is 0 Å². The summed E-state index contributed by atoms with van der Waals surface area (Å²) in [4.78, 5) is 40.9. The van der Waals surface area contributed by atoms with Crippen LogP contribution in [-0.4, -0.2) is 93.2 Å². The molecule has 1 aromatic rings. The minimum absolute atomic E-state index is 0. The van der Waals surface area contributed by atoms with E-state index in [-0.39, 0.29) is 28.2 Å². The van der Waals surface area contributed by atoms with Crippen molar-refractivity contribution in [3.8, 4) is 6.07 Å². The molecule has 0 aliphatic carbocycles. The van der Waals surface area contributed by atoms with Gasteiger partial charge in [0.1, 0.15) is 16.9 Å². The molecule has 0 bridgehead atoms. The molecule has 0 radical (unpaired) electrons. The van der Waals surface area contributed by atoms with Crippen LogP contribution < -0.4 is 21.7 Å². The Morgan fingerprint density at radius 2 is 1.79 bits per heavy atom. The van der Waals surface area contributed by atoms with Gasteiger partial charge in [0.05, 0.1) is 0 Å². The smallest absolute Gasteiger partial charge is 0.264 e. The number of thioether (sulfide) groups is 1. The van der Waals surface area contributed by atoms with Crippen molar-refractivity contribution >= 4 is 35.2 Å². The van der Waals surface area contributed by atoms with Crippen molar-refractivity contribution in [1.82, 2.24) is 20.4 Å². The normalized spacial score (nSPS) is 14.3. The van der Waals surface area contributed by atoms with Gasteiger partial charge in [0.15, 0.2) is 0 Å². The number of anilines is 1. The number of carbonyl (C=O) groups is 3. The van der Waals surface area contributed by atoms with E-state index in [0.29, 0.717) is 18.7 Å². The van der Waals surface area contributed by atoms with E-state index in [1.54, 1.807) is 38.4 Å². The van der Waals surface area contributed by atoms with Crippen molar-refractivity contribution in [2.75, 3.05) is 65.7 Å². The first-order chi connectivity index (χ1) is 18.3. The molecular formula is C27H49N7O3S. The van der Waals surface area contributed by atoms with Crippen LogP contribution >= 0.6 is 11.8 Å². The third kappa shape index (κ3) is 12.0. The van der Waals surface area contributed by atoms with Gasteiger partial charge in [-0.3, -0.25) is 14.4 Å². The average molecular weight is 552 g/mol. The zero-order valence-corrected chi connectivity index (χ0v) is 23.9. The number of rotatable bonds is 13. The minimum atomic E-state index is -0.548. The van der Waals surface area contributed by atoms with Gasteiger partial charge in [-0.2, -0.15) is 5.26 Å². The van der Waals surface area contributed by atoms with Gasteiger partial charge in [-0.15, -0.1) is 11.8 Å². The molecule has 3 amide bonds. The van der Waals surface area contributed by atoms with E-state index in [9.17, 15) is 19.6 Å². The van der Waals surface area contributed by atoms with E-state index >= 15 is 0 Å². The van der Waals surface area contributed by atoms with E-state index in [1.807, 2.05) is 13.0 Å². The summed E-state index contributed by atoms with van der Waals surface area (Å²) >= 11 is 1.13. The molecule has 1 heterocycles. The highest BCUT2D eigenvalue weighted by molar-refractivity contribution is 8.03. The fraction of sp³-hybridized carbons (Fsp3) is 0.556. The van der Waals surface area contributed by atoms with Gasteiger partial charge in [0.2, 0.25) is 5.91 Å². The number of carbonyl (C=O) groups excluding carboxylic acids is 3. The second kappa shape index (κ2) is 19.1. The monoisotopic (exact) mass is 551 g/mol. The maximum atomic E-state index is 12.7. The lowest BCUT2D eigenvalue weighted by Gasteiger charge is -2.26. The van der Waals surface area contributed by atoms with Crippen LogP contribution in [0.1, 0.15) is 47.2 Å². The lowest BCUT2D eigenvalue weighted by Crippen LogP contribution is -2.37. The third-order valence-electron chi connectivity index (χ3n) is 5.75. The molecule has 1 aliphatic heterocycles. The number of nitriles is 1. The Morgan fingerprint density at radius 1 is 1.13 bits per heavy atom. The summed E-state index contributed by atoms with van der Waals surface area (Å²) in [5.41, 5.74) is 5.83. The van der Waals surface area contributed by atoms with Gasteiger partial charge in [0.25, 0.3) is 11.8 Å². The Hall–Kier alpha value is -3.07. The van der Waals surface area contributed by atoms with Crippen molar-refractivity contribution in [1.29, 1.82) is 5.26 Å². The van der Waals surface area contributed by atoms with E-state index in [4.69, 9.17) is 0 Å². The molecule has 1 aliphatic rings. The molecule has 0 unspecified atom stereocenters. The zero-order chi connectivity index (χ0) is 28.3. The van der Waals surface area contributed by atoms with Gasteiger partial charge in [-0.25, -0.2) is 0 Å². The Kier molecular flexibility index (Phi) is 16.5. The second-order valence-electron chi connectivity index (χ2n) is 8.88. The molecule has 10 nitrogen and oxygen atoms in total. The molecule has 0 saturated carbocycles. The van der Waals surface area contributed by atoms with Crippen molar-refractivity contribution in [3.63, 3.8) is 0 Å². The van der Waals surface area contributed by atoms with Crippen molar-refractivity contribution in [2.45, 2.75) is 37.9 Å². The van der Waals surface area contributed by atoms with E-state index < -0.39 is 11.2 Å². The van der Waals surface area contributed by atoms with Crippen LogP contribution in [0.2, 0.25) is 0 Å². The van der Waals surface area contributed by atoms with Crippen molar-refractivity contribution in [2.24, 2.45) is 5.73 Å². The standard InChI is InChI=1S/C26H38N6O3S.CH5N.3H2/c1-4-12-28-25(34)23(36-19-21(17-27)26(35)31(2)3)18-30-22-10-8-20(9-11-22)24(33)29-13-16-32-14-6-5-7-15-32;1-2;;;/h8-11,19,23,30H,4-7,12-16,18H2,1-3H3,(H,28,34)(H,29,33);2H2,1H3;3*1H/b21-19-;;;;/t23-;;;;/m1..../s1. The van der Waals surface area contributed by atoms with Crippen molar-refractivity contribution in [3.05, 3.63) is 40.8 Å². The molecule has 11 heteroatoms. The fourth-order valence-corrected chi connectivity index (χ4v) is 4.48. The lowest BCUT2D eigenvalue weighted by atomic mass is 10.1. The number of nitrogens with two attached hydrogens (primary N) is 1. The van der Waals surface area contributed by atoms with Crippen LogP contribution in [0.15, 0.2) is 35.2 Å². The summed E-state index contributed by atoms with van der Waals surface area (Å²) in [7, 11) is 4.65. The average Bonchev–Trinajstić information content (AvgIpc) is 2.95. The van der Waals surface area contributed by atoms with Crippen LogP contribution in [-0.2, 0) is 9.59 Å². The topological polar surface area (TPSA) is 144 Å². The number of hydrogen-bond donors (Lipinski definition) is 4. The molecule has 0 aromatic heterocycles. The van der Waals surface area contributed by atoms with E-state index in [2.05, 4.69) is 26.6 Å². The van der Waals surface area contributed by atoms with E-state index in [1.165, 1.54) is 36.6 Å². The number of likely N-dealkylation sites (N-methyl/N-ethyl adjacent to an activating group) is 1. The number of piperidine rings is 1. The number of benzene rings is 1. The van der Waals surface area contributed by atoms with Crippen LogP contribution in [0, 0.1) is 11.3 Å². The molecule has 216 valence electrons. The second-order valence-corrected chi connectivity index (χ2v) is 9.95. The molecule has 0 spiro atoms. The highest BCUT2D eigenvalue weighted by Gasteiger charge is 2.20. The summed E-state index contributed by atoms with van der Waals surface area (Å²) < 4.78 is 0. The largest absolute Gasteiger partial charge is 0.383 e. The first-order valence-corrected chi connectivity index (χ1v) is 14.0. The first kappa shape index (κ1) is 33.0. The van der Waals surface area contributed by atoms with Gasteiger partial charge < -0.3 is 31.5 Å². The SMILES string of the molecule is CCCNC(=O)[C@@H](CNc1ccc(C(=O)NCCN2CCCCC2)cc1)S/C=C(/C#N)C(=O)N(C)C.CN.[HH].[HH].[HH]. The molecular weight excluding hydrogens is 502 g/mol. The van der Waals surface area contributed by atoms with Crippen LogP contribution in [0.5, 0.6) is 0 Å². The Bertz CT molecular complexity index is 954. The number of amides is 3. The summed E-state index contributed by atoms with van der Waals surface area (Å²) in [6.07, 6.45) is 4.55. The fourth-order valence-electron chi connectivity index (χ4n) is 3.64. The summed E-state index contributed by atoms with van der Waals surface area (Å²) in [6.45, 7) is 6.49. The summed E-state index contributed by atoms with van der Waals surface area (Å²) in [6, 6.07) is 9.01. The summed E-state index contributed by atoms with van der Waals surface area (Å²) in [5.74, 6) is -0.689. The van der Waals surface area contributed by atoms with E-state index in [0.717, 1.165) is 43.5 Å². The first-order valence-electron chi connectivity index (χ1n) is 13.0. The lowest BCUT2D eigenvalue weighted by molar-refractivity contribution is -0.124. The maximum Gasteiger partial charge on any atom is 0.264 e. The van der Waals surface area contributed by atoms with Crippen molar-refractivity contribution < 1.29 is 18.7 Å². The zero-order valence-electron chi connectivity index (χ0n) is 23.1. The highest BCUT2D eigenvalue weighted by Crippen LogP contribution is 2.18. The third-order valence-corrected chi connectivity index (χ3v) is 6.83. The minimum Gasteiger partial charge on any atom is -0.383 e. The van der Waals surface area contributed by atoms with Gasteiger partial charge in [0, 0.05) is 55.8 Å². The predicted molar refractivity (Wildman–Crippen MR) is 161 cm³/mol. The number of nitrogens with zero attached hydrogens (tertiary/aromatic N) is 3. The molecule has 5 N–H and O–H groups in total. The predicted octanol–water partition coefficient (Wildman–Crippen LogP) is 2.75. The maximum absolute atomic E-state index is 12.7. The molecule has 38 heavy (non-hydrogen) atoms. The van der Waals surface area contributed by atoms with Crippen LogP contribution in [0.4, 0.5) is 5.69 Å². The molecule has 1 saturated heterocycles. The number of hydrogen-bond acceptors (Lipinski definition) is 8. The number of likely N-dealkylation sites (tertiary alicyclic amines) is 1. The Morgan fingerprint density at radius 3 is 2.37 bits per heavy atom. The van der Waals surface area contributed by atoms with Gasteiger partial charge in [-0.05, 0) is 69.1 Å². The molecule has 2 rings (SSSR count).